The Labute approximate surface area is 140 Å². The molecule has 0 spiro atoms. The molecule has 0 aliphatic carbocycles. The zero-order chi connectivity index (χ0) is 17.2. The first-order valence-electron chi connectivity index (χ1n) is 7.42. The van der Waals surface area contributed by atoms with Crippen molar-refractivity contribution in [3.8, 4) is 0 Å². The highest BCUT2D eigenvalue weighted by molar-refractivity contribution is 6.31. The van der Waals surface area contributed by atoms with Gasteiger partial charge in [0.05, 0.1) is 12.5 Å². The van der Waals surface area contributed by atoms with Gasteiger partial charge in [0.1, 0.15) is 5.54 Å². The summed E-state index contributed by atoms with van der Waals surface area (Å²) >= 11 is 6.27. The lowest BCUT2D eigenvalue weighted by Crippen LogP contribution is -2.46. The number of carboxylic acid groups (broad SMARTS) is 1. The monoisotopic (exact) mass is 340 g/mol. The van der Waals surface area contributed by atoms with Crippen molar-refractivity contribution in [2.45, 2.75) is 24.9 Å². The van der Waals surface area contributed by atoms with Crippen LogP contribution in [-0.4, -0.2) is 52.7 Å². The van der Waals surface area contributed by atoms with Crippen molar-refractivity contribution in [3.05, 3.63) is 34.9 Å². The number of aliphatic carboxylic acids is 1. The average molecular weight is 341 g/mol. The smallest absolute Gasteiger partial charge is 0.323 e. The largest absolute Gasteiger partial charge is 0.480 e. The summed E-state index contributed by atoms with van der Waals surface area (Å²) in [6, 6.07) is 6.70. The molecule has 1 heterocycles. The third kappa shape index (κ3) is 3.20. The highest BCUT2D eigenvalue weighted by Crippen LogP contribution is 2.47. The minimum absolute atomic E-state index is 0.137. The zero-order valence-electron chi connectivity index (χ0n) is 13.1. The van der Waals surface area contributed by atoms with E-state index >= 15 is 0 Å². The summed E-state index contributed by atoms with van der Waals surface area (Å²) in [5.74, 6) is -1.82. The minimum Gasteiger partial charge on any atom is -0.480 e. The van der Waals surface area contributed by atoms with E-state index in [1.165, 1.54) is 0 Å². The summed E-state index contributed by atoms with van der Waals surface area (Å²) in [6.45, 7) is 1.58. The molecule has 23 heavy (non-hydrogen) atoms. The van der Waals surface area contributed by atoms with E-state index in [9.17, 15) is 14.7 Å². The van der Waals surface area contributed by atoms with E-state index in [1.807, 2.05) is 12.1 Å². The average Bonchev–Trinajstić information content (AvgIpc) is 2.79. The number of likely N-dealkylation sites (tertiary alicyclic amines) is 1. The van der Waals surface area contributed by atoms with Crippen LogP contribution in [0.15, 0.2) is 24.3 Å². The number of halogens is 1. The second-order valence-corrected chi connectivity index (χ2v) is 6.39. The molecular weight excluding hydrogens is 320 g/mol. The van der Waals surface area contributed by atoms with Gasteiger partial charge in [0.25, 0.3) is 0 Å². The van der Waals surface area contributed by atoms with Gasteiger partial charge >= 0.3 is 5.97 Å². The molecule has 2 rings (SSSR count). The molecule has 1 aromatic carbocycles. The number of hydrogen-bond donors (Lipinski definition) is 3. The summed E-state index contributed by atoms with van der Waals surface area (Å²) in [7, 11) is 1.70. The molecule has 1 aromatic rings. The van der Waals surface area contributed by atoms with Crippen molar-refractivity contribution < 1.29 is 19.8 Å². The summed E-state index contributed by atoms with van der Waals surface area (Å²) in [4.78, 5) is 25.9. The van der Waals surface area contributed by atoms with Crippen LogP contribution in [0.25, 0.3) is 0 Å². The highest BCUT2D eigenvalue weighted by atomic mass is 35.5. The second kappa shape index (κ2) is 6.86. The lowest BCUT2D eigenvalue weighted by Gasteiger charge is -2.32. The van der Waals surface area contributed by atoms with Gasteiger partial charge < -0.3 is 15.5 Å². The maximum atomic E-state index is 12.5. The minimum atomic E-state index is -1.16. The maximum absolute atomic E-state index is 12.5. The fourth-order valence-corrected chi connectivity index (χ4v) is 3.43. The molecule has 1 aliphatic heterocycles. The van der Waals surface area contributed by atoms with E-state index in [0.29, 0.717) is 5.02 Å². The van der Waals surface area contributed by atoms with Gasteiger partial charge in [0, 0.05) is 17.6 Å². The standard InChI is InChI=1S/C16H21ClN2O4/c1-16(15(22)23)9-11(14(21)18-7-8-20)13(19(16)2)10-5-3-4-6-12(10)17/h3-6,11,13,20H,7-9H2,1-2H3,(H,18,21)(H,22,23)/t11?,13?,16-/m0/s1. The number of likely N-dealkylation sites (N-methyl/N-ethyl adjacent to an activating group) is 1. The molecule has 0 radical (unpaired) electrons. The van der Waals surface area contributed by atoms with Gasteiger partial charge in [-0.2, -0.15) is 0 Å². The normalized spacial score (nSPS) is 27.8. The number of rotatable bonds is 5. The fourth-order valence-electron chi connectivity index (χ4n) is 3.19. The van der Waals surface area contributed by atoms with E-state index in [1.54, 1.807) is 31.0 Å². The van der Waals surface area contributed by atoms with Crippen LogP contribution in [0.4, 0.5) is 0 Å². The van der Waals surface area contributed by atoms with Gasteiger partial charge in [-0.1, -0.05) is 29.8 Å². The van der Waals surface area contributed by atoms with Gasteiger partial charge in [-0.05, 0) is 32.0 Å². The summed E-state index contributed by atoms with van der Waals surface area (Å²) in [5.41, 5.74) is -0.434. The fraction of sp³-hybridized carbons (Fsp3) is 0.500. The van der Waals surface area contributed by atoms with Crippen LogP contribution in [0.3, 0.4) is 0 Å². The molecular formula is C16H21ClN2O4. The number of carbonyl (C=O) groups is 2. The van der Waals surface area contributed by atoms with Gasteiger partial charge in [0.15, 0.2) is 0 Å². The molecule has 1 fully saturated rings. The van der Waals surface area contributed by atoms with Crippen molar-refractivity contribution >= 4 is 23.5 Å². The predicted octanol–water partition coefficient (Wildman–Crippen LogP) is 1.28. The Morgan fingerprint density at radius 2 is 2.09 bits per heavy atom. The molecule has 0 bridgehead atoms. The number of aliphatic hydroxyl groups excluding tert-OH is 1. The Morgan fingerprint density at radius 1 is 1.43 bits per heavy atom. The first kappa shape index (κ1) is 17.7. The summed E-state index contributed by atoms with van der Waals surface area (Å²) in [5, 5.41) is 21.6. The molecule has 0 aromatic heterocycles. The van der Waals surface area contributed by atoms with Crippen molar-refractivity contribution in [1.82, 2.24) is 10.2 Å². The first-order valence-corrected chi connectivity index (χ1v) is 7.80. The maximum Gasteiger partial charge on any atom is 0.323 e. The summed E-state index contributed by atoms with van der Waals surface area (Å²) < 4.78 is 0. The molecule has 0 saturated carbocycles. The highest BCUT2D eigenvalue weighted by Gasteiger charge is 2.54. The number of carboxylic acids is 1. The molecule has 1 amide bonds. The topological polar surface area (TPSA) is 89.9 Å². The van der Waals surface area contributed by atoms with Crippen molar-refractivity contribution in [1.29, 1.82) is 0 Å². The Balaban J connectivity index is 2.43. The van der Waals surface area contributed by atoms with Gasteiger partial charge in [-0.3, -0.25) is 14.5 Å². The molecule has 1 saturated heterocycles. The number of nitrogens with zero attached hydrogens (tertiary/aromatic N) is 1. The number of nitrogens with one attached hydrogen (secondary N) is 1. The van der Waals surface area contributed by atoms with Crippen LogP contribution in [0.1, 0.15) is 24.9 Å². The summed E-state index contributed by atoms with van der Waals surface area (Å²) in [6.07, 6.45) is 0.173. The van der Waals surface area contributed by atoms with E-state index in [4.69, 9.17) is 16.7 Å². The number of aliphatic hydroxyl groups is 1. The van der Waals surface area contributed by atoms with Crippen LogP contribution in [0.2, 0.25) is 5.02 Å². The van der Waals surface area contributed by atoms with Gasteiger partial charge in [-0.25, -0.2) is 0 Å². The lowest BCUT2D eigenvalue weighted by molar-refractivity contribution is -0.148. The Bertz CT molecular complexity index is 609. The van der Waals surface area contributed by atoms with Crippen LogP contribution in [-0.2, 0) is 9.59 Å². The molecule has 7 heteroatoms. The molecule has 3 N–H and O–H groups in total. The lowest BCUT2D eigenvalue weighted by atomic mass is 9.89. The molecule has 1 aliphatic rings. The van der Waals surface area contributed by atoms with E-state index in [0.717, 1.165) is 5.56 Å². The van der Waals surface area contributed by atoms with Gasteiger partial charge in [-0.15, -0.1) is 0 Å². The molecule has 126 valence electrons. The zero-order valence-corrected chi connectivity index (χ0v) is 13.9. The number of benzene rings is 1. The van der Waals surface area contributed by atoms with Crippen LogP contribution in [0, 0.1) is 5.92 Å². The Hall–Kier alpha value is -1.63. The van der Waals surface area contributed by atoms with Crippen molar-refractivity contribution in [3.63, 3.8) is 0 Å². The van der Waals surface area contributed by atoms with Crippen molar-refractivity contribution in [2.75, 3.05) is 20.2 Å². The Kier molecular flexibility index (Phi) is 5.29. The second-order valence-electron chi connectivity index (χ2n) is 5.98. The van der Waals surface area contributed by atoms with E-state index < -0.39 is 23.5 Å². The molecule has 6 nitrogen and oxygen atoms in total. The van der Waals surface area contributed by atoms with Crippen molar-refractivity contribution in [2.24, 2.45) is 5.92 Å². The SMILES string of the molecule is CN1C(c2ccccc2Cl)C(C(=O)NCCO)C[C@@]1(C)C(=O)O. The van der Waals surface area contributed by atoms with Crippen LogP contribution >= 0.6 is 11.6 Å². The third-order valence-electron chi connectivity index (χ3n) is 4.63. The first-order chi connectivity index (χ1) is 10.8. The van der Waals surface area contributed by atoms with Crippen LogP contribution < -0.4 is 5.32 Å². The predicted molar refractivity (Wildman–Crippen MR) is 86.2 cm³/mol. The molecule has 2 unspecified atom stereocenters. The Morgan fingerprint density at radius 3 is 2.65 bits per heavy atom. The number of hydrogen-bond acceptors (Lipinski definition) is 4. The van der Waals surface area contributed by atoms with Crippen LogP contribution in [0.5, 0.6) is 0 Å². The number of carbonyl (C=O) groups excluding carboxylic acids is 1. The van der Waals surface area contributed by atoms with Gasteiger partial charge in [0.2, 0.25) is 5.91 Å². The quantitative estimate of drug-likeness (QED) is 0.751. The number of amides is 1. The van der Waals surface area contributed by atoms with E-state index in [2.05, 4.69) is 5.32 Å². The molecule has 3 atom stereocenters. The van der Waals surface area contributed by atoms with E-state index in [-0.39, 0.29) is 25.5 Å². The third-order valence-corrected chi connectivity index (χ3v) is 4.97.